The van der Waals surface area contributed by atoms with Crippen molar-refractivity contribution in [1.82, 2.24) is 5.32 Å². The van der Waals surface area contributed by atoms with Crippen LogP contribution in [0.4, 0.5) is 5.69 Å². The maximum atomic E-state index is 11.8. The Kier molecular flexibility index (Phi) is 4.20. The Hall–Kier alpha value is -1.55. The van der Waals surface area contributed by atoms with Crippen molar-refractivity contribution in [2.45, 2.75) is 26.2 Å². The summed E-state index contributed by atoms with van der Waals surface area (Å²) in [5, 5.41) is 15.7. The smallest absolute Gasteiger partial charge is 0.224 e. The Morgan fingerprint density at radius 2 is 2.39 bits per heavy atom. The molecule has 1 aromatic carbocycles. The van der Waals surface area contributed by atoms with Crippen molar-refractivity contribution in [3.63, 3.8) is 0 Å². The Bertz CT molecular complexity index is 426. The van der Waals surface area contributed by atoms with Crippen LogP contribution in [0.3, 0.4) is 0 Å². The molecule has 0 aliphatic carbocycles. The lowest BCUT2D eigenvalue weighted by Gasteiger charge is -2.10. The molecule has 1 fully saturated rings. The molecule has 1 saturated heterocycles. The van der Waals surface area contributed by atoms with E-state index in [9.17, 15) is 9.90 Å². The number of amides is 1. The Balaban J connectivity index is 1.84. The number of aryl methyl sites for hydroxylation is 1. The van der Waals surface area contributed by atoms with Gasteiger partial charge in [-0.25, -0.2) is 0 Å². The lowest BCUT2D eigenvalue weighted by molar-refractivity contribution is -0.116. The van der Waals surface area contributed by atoms with Crippen LogP contribution in [0.15, 0.2) is 18.2 Å². The molecular weight excluding hydrogens is 228 g/mol. The second-order valence-electron chi connectivity index (χ2n) is 4.97. The zero-order valence-electron chi connectivity index (χ0n) is 10.7. The van der Waals surface area contributed by atoms with E-state index in [0.717, 1.165) is 31.5 Å². The number of carbonyl (C=O) groups is 1. The summed E-state index contributed by atoms with van der Waals surface area (Å²) in [6, 6.07) is 5.20. The number of hydrogen-bond acceptors (Lipinski definition) is 3. The van der Waals surface area contributed by atoms with Crippen molar-refractivity contribution < 1.29 is 9.90 Å². The maximum Gasteiger partial charge on any atom is 0.224 e. The molecule has 4 nitrogen and oxygen atoms in total. The average Bonchev–Trinajstić information content (AvgIpc) is 2.84. The minimum absolute atomic E-state index is 0.0252. The molecule has 0 aromatic heterocycles. The van der Waals surface area contributed by atoms with Crippen LogP contribution >= 0.6 is 0 Å². The maximum absolute atomic E-state index is 11.8. The van der Waals surface area contributed by atoms with Gasteiger partial charge in [-0.05, 0) is 56.5 Å². The van der Waals surface area contributed by atoms with Crippen LogP contribution in [0.1, 0.15) is 24.8 Å². The molecule has 0 spiro atoms. The van der Waals surface area contributed by atoms with Crippen LogP contribution in [0.2, 0.25) is 0 Å². The van der Waals surface area contributed by atoms with Gasteiger partial charge in [0.2, 0.25) is 5.91 Å². The minimum Gasteiger partial charge on any atom is -0.506 e. The third-order valence-corrected chi connectivity index (χ3v) is 3.37. The summed E-state index contributed by atoms with van der Waals surface area (Å²) >= 11 is 0. The fraction of sp³-hybridized carbons (Fsp3) is 0.500. The number of rotatable bonds is 4. The van der Waals surface area contributed by atoms with Crippen molar-refractivity contribution >= 4 is 11.6 Å². The standard InChI is InChI=1S/C14H20N2O2/c1-10-2-4-13(17)12(8-10)16-14(18)5-3-11-6-7-15-9-11/h2,4,8,11,15,17H,3,5-7,9H2,1H3,(H,16,18). The summed E-state index contributed by atoms with van der Waals surface area (Å²) in [5.74, 6) is 0.709. The largest absolute Gasteiger partial charge is 0.506 e. The monoisotopic (exact) mass is 248 g/mol. The number of nitrogens with one attached hydrogen (secondary N) is 2. The predicted octanol–water partition coefficient (Wildman–Crippen LogP) is 2.03. The first kappa shape index (κ1) is 12.9. The van der Waals surface area contributed by atoms with Crippen molar-refractivity contribution in [2.75, 3.05) is 18.4 Å². The van der Waals surface area contributed by atoms with Gasteiger partial charge < -0.3 is 15.7 Å². The van der Waals surface area contributed by atoms with E-state index >= 15 is 0 Å². The fourth-order valence-electron chi connectivity index (χ4n) is 2.26. The molecular formula is C14H20N2O2. The molecule has 0 saturated carbocycles. The molecule has 18 heavy (non-hydrogen) atoms. The first-order valence-electron chi connectivity index (χ1n) is 6.45. The third-order valence-electron chi connectivity index (χ3n) is 3.37. The number of benzene rings is 1. The summed E-state index contributed by atoms with van der Waals surface area (Å²) in [4.78, 5) is 11.8. The SMILES string of the molecule is Cc1ccc(O)c(NC(=O)CCC2CCNC2)c1. The molecule has 98 valence electrons. The van der Waals surface area contributed by atoms with Gasteiger partial charge in [-0.2, -0.15) is 0 Å². The zero-order valence-corrected chi connectivity index (χ0v) is 10.7. The highest BCUT2D eigenvalue weighted by atomic mass is 16.3. The highest BCUT2D eigenvalue weighted by molar-refractivity contribution is 5.92. The van der Waals surface area contributed by atoms with Gasteiger partial charge in [-0.1, -0.05) is 6.07 Å². The van der Waals surface area contributed by atoms with Crippen LogP contribution in [0.25, 0.3) is 0 Å². The summed E-state index contributed by atoms with van der Waals surface area (Å²) in [5.41, 5.74) is 1.52. The number of carbonyl (C=O) groups excluding carboxylic acids is 1. The second kappa shape index (κ2) is 5.87. The van der Waals surface area contributed by atoms with Gasteiger partial charge in [0.1, 0.15) is 5.75 Å². The zero-order chi connectivity index (χ0) is 13.0. The Morgan fingerprint density at radius 3 is 3.11 bits per heavy atom. The average molecular weight is 248 g/mol. The first-order chi connectivity index (χ1) is 8.65. The minimum atomic E-state index is -0.0252. The van der Waals surface area contributed by atoms with E-state index in [2.05, 4.69) is 10.6 Å². The van der Waals surface area contributed by atoms with Crippen LogP contribution in [-0.4, -0.2) is 24.1 Å². The number of hydrogen-bond donors (Lipinski definition) is 3. The molecule has 1 aliphatic rings. The lowest BCUT2D eigenvalue weighted by atomic mass is 10.0. The van der Waals surface area contributed by atoms with Crippen LogP contribution in [-0.2, 0) is 4.79 Å². The molecule has 0 bridgehead atoms. The van der Waals surface area contributed by atoms with Gasteiger partial charge in [0.15, 0.2) is 0 Å². The molecule has 1 atom stereocenters. The van der Waals surface area contributed by atoms with E-state index < -0.39 is 0 Å². The van der Waals surface area contributed by atoms with Crippen molar-refractivity contribution in [1.29, 1.82) is 0 Å². The molecule has 1 amide bonds. The number of anilines is 1. The van der Waals surface area contributed by atoms with Gasteiger partial charge in [0.05, 0.1) is 5.69 Å². The van der Waals surface area contributed by atoms with Crippen LogP contribution in [0.5, 0.6) is 5.75 Å². The summed E-state index contributed by atoms with van der Waals surface area (Å²) < 4.78 is 0. The van der Waals surface area contributed by atoms with E-state index in [1.54, 1.807) is 12.1 Å². The van der Waals surface area contributed by atoms with Gasteiger partial charge in [0.25, 0.3) is 0 Å². The van der Waals surface area contributed by atoms with Crippen molar-refractivity contribution in [3.8, 4) is 5.75 Å². The lowest BCUT2D eigenvalue weighted by Crippen LogP contribution is -2.15. The number of aromatic hydroxyl groups is 1. The van der Waals surface area contributed by atoms with Crippen molar-refractivity contribution in [3.05, 3.63) is 23.8 Å². The molecule has 2 rings (SSSR count). The summed E-state index contributed by atoms with van der Waals surface area (Å²) in [6.07, 6.45) is 2.58. The van der Waals surface area contributed by atoms with E-state index in [-0.39, 0.29) is 11.7 Å². The molecule has 4 heteroatoms. The summed E-state index contributed by atoms with van der Waals surface area (Å²) in [7, 11) is 0. The molecule has 0 radical (unpaired) electrons. The molecule has 1 aliphatic heterocycles. The van der Waals surface area contributed by atoms with Gasteiger partial charge in [-0.15, -0.1) is 0 Å². The Morgan fingerprint density at radius 1 is 1.56 bits per heavy atom. The van der Waals surface area contributed by atoms with Crippen LogP contribution < -0.4 is 10.6 Å². The second-order valence-corrected chi connectivity index (χ2v) is 4.97. The van der Waals surface area contributed by atoms with E-state index in [1.807, 2.05) is 13.0 Å². The Labute approximate surface area is 107 Å². The molecule has 1 aromatic rings. The highest BCUT2D eigenvalue weighted by Gasteiger charge is 2.16. The van der Waals surface area contributed by atoms with Gasteiger partial charge in [-0.3, -0.25) is 4.79 Å². The number of phenols is 1. The highest BCUT2D eigenvalue weighted by Crippen LogP contribution is 2.24. The quantitative estimate of drug-likeness (QED) is 0.714. The fourth-order valence-corrected chi connectivity index (χ4v) is 2.26. The first-order valence-corrected chi connectivity index (χ1v) is 6.45. The van der Waals surface area contributed by atoms with Gasteiger partial charge in [0, 0.05) is 6.42 Å². The molecule has 1 heterocycles. The van der Waals surface area contributed by atoms with E-state index in [1.165, 1.54) is 0 Å². The third kappa shape index (κ3) is 3.47. The van der Waals surface area contributed by atoms with Crippen LogP contribution in [0, 0.1) is 12.8 Å². The van der Waals surface area contributed by atoms with Crippen molar-refractivity contribution in [2.24, 2.45) is 5.92 Å². The topological polar surface area (TPSA) is 61.4 Å². The normalized spacial score (nSPS) is 18.8. The predicted molar refractivity (Wildman–Crippen MR) is 71.7 cm³/mol. The number of phenolic OH excluding ortho intramolecular Hbond substituents is 1. The van der Waals surface area contributed by atoms with E-state index in [0.29, 0.717) is 18.0 Å². The summed E-state index contributed by atoms with van der Waals surface area (Å²) in [6.45, 7) is 4.01. The molecule has 3 N–H and O–H groups in total. The van der Waals surface area contributed by atoms with Gasteiger partial charge >= 0.3 is 0 Å². The van der Waals surface area contributed by atoms with E-state index in [4.69, 9.17) is 0 Å². The molecule has 1 unspecified atom stereocenters.